The number of fused-ring (bicyclic) bond motifs is 1. The molecule has 1 aromatic carbocycles. The maximum absolute atomic E-state index is 11.9. The SMILES string of the molecule is NCc1cn(CC(=O)NC2CC2)c2cc(Cl)ccc12. The van der Waals surface area contributed by atoms with Crippen LogP contribution in [0.4, 0.5) is 0 Å². The molecule has 1 aromatic heterocycles. The first kappa shape index (κ1) is 12.5. The van der Waals surface area contributed by atoms with Crippen molar-refractivity contribution in [3.63, 3.8) is 0 Å². The number of nitrogens with two attached hydrogens (primary N) is 1. The predicted molar refractivity (Wildman–Crippen MR) is 76.0 cm³/mol. The number of halogens is 1. The van der Waals surface area contributed by atoms with Gasteiger partial charge in [0.15, 0.2) is 0 Å². The summed E-state index contributed by atoms with van der Waals surface area (Å²) in [6.07, 6.45) is 4.13. The van der Waals surface area contributed by atoms with E-state index < -0.39 is 0 Å². The normalized spacial score (nSPS) is 14.8. The van der Waals surface area contributed by atoms with Crippen molar-refractivity contribution in [2.45, 2.75) is 32.0 Å². The number of amides is 1. The van der Waals surface area contributed by atoms with Gasteiger partial charge in [0.2, 0.25) is 5.91 Å². The Morgan fingerprint density at radius 3 is 2.95 bits per heavy atom. The molecule has 5 heteroatoms. The summed E-state index contributed by atoms with van der Waals surface area (Å²) >= 11 is 6.03. The van der Waals surface area contributed by atoms with Crippen molar-refractivity contribution in [1.82, 2.24) is 9.88 Å². The number of carbonyl (C=O) groups excluding carboxylic acids is 1. The van der Waals surface area contributed by atoms with Crippen molar-refractivity contribution in [2.75, 3.05) is 0 Å². The molecule has 1 heterocycles. The Labute approximate surface area is 116 Å². The summed E-state index contributed by atoms with van der Waals surface area (Å²) in [5.41, 5.74) is 7.73. The fraction of sp³-hybridized carbons (Fsp3) is 0.357. The quantitative estimate of drug-likeness (QED) is 0.898. The average Bonchev–Trinajstić information content (AvgIpc) is 3.12. The number of hydrogen-bond acceptors (Lipinski definition) is 2. The molecule has 1 aliphatic rings. The molecular formula is C14H16ClN3O. The van der Waals surface area contributed by atoms with Gasteiger partial charge in [-0.15, -0.1) is 0 Å². The number of carbonyl (C=O) groups is 1. The minimum Gasteiger partial charge on any atom is -0.352 e. The summed E-state index contributed by atoms with van der Waals surface area (Å²) < 4.78 is 1.92. The number of hydrogen-bond donors (Lipinski definition) is 2. The Bertz CT molecular complexity index is 631. The molecule has 19 heavy (non-hydrogen) atoms. The predicted octanol–water partition coefficient (Wildman–Crippen LogP) is 2.03. The van der Waals surface area contributed by atoms with Crippen LogP contribution >= 0.6 is 11.6 Å². The second-order valence-electron chi connectivity index (χ2n) is 4.99. The van der Waals surface area contributed by atoms with Gasteiger partial charge in [-0.2, -0.15) is 0 Å². The van der Waals surface area contributed by atoms with Gasteiger partial charge in [-0.1, -0.05) is 17.7 Å². The monoisotopic (exact) mass is 277 g/mol. The Balaban J connectivity index is 1.92. The molecule has 0 aliphatic heterocycles. The Kier molecular flexibility index (Phi) is 3.21. The van der Waals surface area contributed by atoms with Crippen molar-refractivity contribution in [3.05, 3.63) is 35.0 Å². The summed E-state index contributed by atoms with van der Waals surface area (Å²) in [5.74, 6) is 0.0444. The lowest BCUT2D eigenvalue weighted by molar-refractivity contribution is -0.121. The molecular weight excluding hydrogens is 262 g/mol. The second kappa shape index (κ2) is 4.87. The van der Waals surface area contributed by atoms with E-state index in [9.17, 15) is 4.79 Å². The zero-order chi connectivity index (χ0) is 13.4. The van der Waals surface area contributed by atoms with Crippen LogP contribution < -0.4 is 11.1 Å². The van der Waals surface area contributed by atoms with Crippen LogP contribution in [0.2, 0.25) is 5.02 Å². The second-order valence-corrected chi connectivity index (χ2v) is 5.43. The van der Waals surface area contributed by atoms with E-state index in [4.69, 9.17) is 17.3 Å². The highest BCUT2D eigenvalue weighted by Gasteiger charge is 2.23. The highest BCUT2D eigenvalue weighted by atomic mass is 35.5. The van der Waals surface area contributed by atoms with Crippen LogP contribution in [0.15, 0.2) is 24.4 Å². The summed E-state index contributed by atoms with van der Waals surface area (Å²) in [6.45, 7) is 0.767. The van der Waals surface area contributed by atoms with Crippen LogP contribution in [0.1, 0.15) is 18.4 Å². The molecule has 3 rings (SSSR count). The van der Waals surface area contributed by atoms with E-state index in [0.29, 0.717) is 24.2 Å². The molecule has 1 aliphatic carbocycles. The van der Waals surface area contributed by atoms with Gasteiger partial charge in [0, 0.05) is 29.2 Å². The first-order valence-electron chi connectivity index (χ1n) is 6.44. The van der Waals surface area contributed by atoms with Gasteiger partial charge >= 0.3 is 0 Å². The number of aromatic nitrogens is 1. The van der Waals surface area contributed by atoms with Crippen LogP contribution in [0.3, 0.4) is 0 Å². The minimum atomic E-state index is 0.0444. The molecule has 1 amide bonds. The van der Waals surface area contributed by atoms with Crippen LogP contribution in [0.5, 0.6) is 0 Å². The van der Waals surface area contributed by atoms with E-state index in [-0.39, 0.29) is 5.91 Å². The molecule has 0 spiro atoms. The van der Waals surface area contributed by atoms with E-state index in [2.05, 4.69) is 5.32 Å². The van der Waals surface area contributed by atoms with Crippen molar-refractivity contribution in [2.24, 2.45) is 5.73 Å². The van der Waals surface area contributed by atoms with Crippen molar-refractivity contribution in [3.8, 4) is 0 Å². The van der Waals surface area contributed by atoms with E-state index in [0.717, 1.165) is 29.3 Å². The van der Waals surface area contributed by atoms with Gasteiger partial charge in [-0.3, -0.25) is 4.79 Å². The molecule has 0 radical (unpaired) electrons. The summed E-state index contributed by atoms with van der Waals surface area (Å²) in [6, 6.07) is 6.06. The van der Waals surface area contributed by atoms with Gasteiger partial charge in [-0.05, 0) is 30.5 Å². The summed E-state index contributed by atoms with van der Waals surface area (Å²) in [7, 11) is 0. The van der Waals surface area contributed by atoms with E-state index in [1.807, 2.05) is 29.0 Å². The maximum atomic E-state index is 11.9. The van der Waals surface area contributed by atoms with Crippen LogP contribution in [-0.2, 0) is 17.9 Å². The lowest BCUT2D eigenvalue weighted by Gasteiger charge is -2.06. The van der Waals surface area contributed by atoms with Crippen LogP contribution in [-0.4, -0.2) is 16.5 Å². The standard InChI is InChI=1S/C14H16ClN3O/c15-10-1-4-12-9(6-16)7-18(13(12)5-10)8-14(19)17-11-2-3-11/h1,4-5,7,11H,2-3,6,8,16H2,(H,17,19). The molecule has 0 bridgehead atoms. The van der Waals surface area contributed by atoms with E-state index in [1.165, 1.54) is 0 Å². The lowest BCUT2D eigenvalue weighted by Crippen LogP contribution is -2.29. The van der Waals surface area contributed by atoms with Gasteiger partial charge in [-0.25, -0.2) is 0 Å². The van der Waals surface area contributed by atoms with E-state index >= 15 is 0 Å². The Morgan fingerprint density at radius 1 is 1.47 bits per heavy atom. The maximum Gasteiger partial charge on any atom is 0.240 e. The van der Waals surface area contributed by atoms with Gasteiger partial charge < -0.3 is 15.6 Å². The first-order valence-corrected chi connectivity index (χ1v) is 6.82. The number of nitrogens with one attached hydrogen (secondary N) is 1. The number of nitrogens with zero attached hydrogens (tertiary/aromatic N) is 1. The van der Waals surface area contributed by atoms with Gasteiger partial charge in [0.25, 0.3) is 0 Å². The zero-order valence-electron chi connectivity index (χ0n) is 10.5. The van der Waals surface area contributed by atoms with Crippen molar-refractivity contribution in [1.29, 1.82) is 0 Å². The zero-order valence-corrected chi connectivity index (χ0v) is 11.3. The first-order chi connectivity index (χ1) is 9.17. The fourth-order valence-corrected chi connectivity index (χ4v) is 2.46. The fourth-order valence-electron chi connectivity index (χ4n) is 2.29. The summed E-state index contributed by atoms with van der Waals surface area (Å²) in [4.78, 5) is 11.9. The topological polar surface area (TPSA) is 60.0 Å². The molecule has 1 saturated carbocycles. The third kappa shape index (κ3) is 2.60. The highest BCUT2D eigenvalue weighted by Crippen LogP contribution is 2.25. The molecule has 1 fully saturated rings. The smallest absolute Gasteiger partial charge is 0.240 e. The Hall–Kier alpha value is -1.52. The van der Waals surface area contributed by atoms with Crippen molar-refractivity contribution < 1.29 is 4.79 Å². The van der Waals surface area contributed by atoms with Crippen LogP contribution in [0, 0.1) is 0 Å². The lowest BCUT2D eigenvalue weighted by atomic mass is 10.2. The molecule has 0 unspecified atom stereocenters. The molecule has 3 N–H and O–H groups in total. The molecule has 2 aromatic rings. The molecule has 100 valence electrons. The molecule has 0 saturated heterocycles. The summed E-state index contributed by atoms with van der Waals surface area (Å²) in [5, 5.41) is 4.71. The third-order valence-corrected chi connectivity index (χ3v) is 3.64. The average molecular weight is 278 g/mol. The molecule has 4 nitrogen and oxygen atoms in total. The van der Waals surface area contributed by atoms with Gasteiger partial charge in [0.05, 0.1) is 5.52 Å². The van der Waals surface area contributed by atoms with Crippen molar-refractivity contribution >= 4 is 28.4 Å². The Morgan fingerprint density at radius 2 is 2.26 bits per heavy atom. The largest absolute Gasteiger partial charge is 0.352 e. The van der Waals surface area contributed by atoms with Gasteiger partial charge in [0.1, 0.15) is 6.54 Å². The number of rotatable bonds is 4. The third-order valence-electron chi connectivity index (χ3n) is 3.40. The minimum absolute atomic E-state index is 0.0444. The van der Waals surface area contributed by atoms with E-state index in [1.54, 1.807) is 0 Å². The highest BCUT2D eigenvalue weighted by molar-refractivity contribution is 6.31. The number of benzene rings is 1. The van der Waals surface area contributed by atoms with Crippen LogP contribution in [0.25, 0.3) is 10.9 Å². The molecule has 0 atom stereocenters.